The Morgan fingerprint density at radius 3 is 2.20 bits per heavy atom. The van der Waals surface area contributed by atoms with Crippen molar-refractivity contribution in [2.24, 2.45) is 0 Å². The van der Waals surface area contributed by atoms with Crippen molar-refractivity contribution < 1.29 is 13.5 Å². The highest BCUT2D eigenvalue weighted by molar-refractivity contribution is 4.77. The topological polar surface area (TPSA) is 12.5 Å². The number of likely N-dealkylation sites (tertiary alicyclic amines) is 1. The smallest absolute Gasteiger partial charge is 0.250 e. The molecule has 1 heterocycles. The molecule has 0 N–H and O–H groups in total. The number of halogens is 2. The van der Waals surface area contributed by atoms with Crippen LogP contribution in [-0.2, 0) is 4.74 Å². The van der Waals surface area contributed by atoms with E-state index in [1.165, 1.54) is 0 Å². The van der Waals surface area contributed by atoms with Gasteiger partial charge in [0.05, 0.1) is 12.2 Å². The molecular formula is C11H21F2NO. The summed E-state index contributed by atoms with van der Waals surface area (Å²) in [6.45, 7) is 8.34. The van der Waals surface area contributed by atoms with Gasteiger partial charge in [0.25, 0.3) is 5.92 Å². The van der Waals surface area contributed by atoms with Crippen molar-refractivity contribution in [1.29, 1.82) is 0 Å². The highest BCUT2D eigenvalue weighted by Gasteiger charge is 2.33. The fourth-order valence-electron chi connectivity index (χ4n) is 1.58. The number of piperidine rings is 1. The van der Waals surface area contributed by atoms with Gasteiger partial charge in [-0.1, -0.05) is 0 Å². The van der Waals surface area contributed by atoms with Gasteiger partial charge >= 0.3 is 0 Å². The zero-order valence-electron chi connectivity index (χ0n) is 9.85. The summed E-state index contributed by atoms with van der Waals surface area (Å²) >= 11 is 0. The van der Waals surface area contributed by atoms with Crippen molar-refractivity contribution in [1.82, 2.24) is 4.90 Å². The molecule has 2 nitrogen and oxygen atoms in total. The first-order valence-electron chi connectivity index (χ1n) is 5.53. The van der Waals surface area contributed by atoms with Crippen LogP contribution in [0.3, 0.4) is 0 Å². The second-order valence-electron chi connectivity index (χ2n) is 5.16. The summed E-state index contributed by atoms with van der Waals surface area (Å²) in [5, 5.41) is 0. The predicted molar refractivity (Wildman–Crippen MR) is 56.3 cm³/mol. The van der Waals surface area contributed by atoms with Gasteiger partial charge in [-0.15, -0.1) is 0 Å². The molecule has 0 saturated carbocycles. The zero-order chi connectivity index (χ0) is 11.5. The molecule has 15 heavy (non-hydrogen) atoms. The van der Waals surface area contributed by atoms with Gasteiger partial charge in [-0.25, -0.2) is 8.78 Å². The summed E-state index contributed by atoms with van der Waals surface area (Å²) in [7, 11) is 0. The Labute approximate surface area is 90.6 Å². The molecule has 1 aliphatic heterocycles. The Bertz CT molecular complexity index is 191. The number of alkyl halides is 2. The molecule has 1 aliphatic rings. The van der Waals surface area contributed by atoms with E-state index < -0.39 is 5.92 Å². The molecule has 0 radical (unpaired) electrons. The van der Waals surface area contributed by atoms with E-state index in [-0.39, 0.29) is 18.4 Å². The third kappa shape index (κ3) is 5.42. The van der Waals surface area contributed by atoms with Crippen molar-refractivity contribution in [3.05, 3.63) is 0 Å². The lowest BCUT2D eigenvalue weighted by Gasteiger charge is -2.32. The third-order valence-electron chi connectivity index (χ3n) is 2.53. The van der Waals surface area contributed by atoms with Crippen molar-refractivity contribution in [2.75, 3.05) is 26.2 Å². The molecular weight excluding hydrogens is 200 g/mol. The first-order valence-corrected chi connectivity index (χ1v) is 5.53. The van der Waals surface area contributed by atoms with E-state index in [9.17, 15) is 8.78 Å². The lowest BCUT2D eigenvalue weighted by Crippen LogP contribution is -2.41. The maximum Gasteiger partial charge on any atom is 0.250 e. The molecule has 0 aromatic rings. The monoisotopic (exact) mass is 221 g/mol. The first-order chi connectivity index (χ1) is 6.79. The molecule has 0 unspecified atom stereocenters. The molecule has 0 spiro atoms. The molecule has 1 fully saturated rings. The molecule has 0 atom stereocenters. The van der Waals surface area contributed by atoms with E-state index in [4.69, 9.17) is 4.74 Å². The van der Waals surface area contributed by atoms with Crippen molar-refractivity contribution >= 4 is 0 Å². The maximum absolute atomic E-state index is 12.8. The second-order valence-corrected chi connectivity index (χ2v) is 5.16. The van der Waals surface area contributed by atoms with Gasteiger partial charge in [0.2, 0.25) is 0 Å². The van der Waals surface area contributed by atoms with Crippen LogP contribution < -0.4 is 0 Å². The molecule has 1 rings (SSSR count). The summed E-state index contributed by atoms with van der Waals surface area (Å²) in [6.07, 6.45) is -0.0228. The molecule has 90 valence electrons. The van der Waals surface area contributed by atoms with Crippen LogP contribution in [0, 0.1) is 0 Å². The number of hydrogen-bond acceptors (Lipinski definition) is 2. The summed E-state index contributed by atoms with van der Waals surface area (Å²) in [5.41, 5.74) is -0.139. The zero-order valence-corrected chi connectivity index (χ0v) is 9.85. The van der Waals surface area contributed by atoms with E-state index >= 15 is 0 Å². The standard InChI is InChI=1S/C11H21F2NO/c1-10(2,3)15-9-8-14-6-4-11(12,13)5-7-14/h4-9H2,1-3H3. The van der Waals surface area contributed by atoms with Crippen LogP contribution >= 0.6 is 0 Å². The van der Waals surface area contributed by atoms with Gasteiger partial charge in [-0.2, -0.15) is 0 Å². The lowest BCUT2D eigenvalue weighted by atomic mass is 10.1. The summed E-state index contributed by atoms with van der Waals surface area (Å²) in [6, 6.07) is 0. The Kier molecular flexibility index (Phi) is 4.06. The van der Waals surface area contributed by atoms with Gasteiger partial charge in [0.1, 0.15) is 0 Å². The van der Waals surface area contributed by atoms with E-state index in [0.717, 1.165) is 6.54 Å². The van der Waals surface area contributed by atoms with E-state index in [1.54, 1.807) is 0 Å². The van der Waals surface area contributed by atoms with Crippen LogP contribution in [0.25, 0.3) is 0 Å². The summed E-state index contributed by atoms with van der Waals surface area (Å²) in [4.78, 5) is 2.04. The molecule has 0 aromatic heterocycles. The van der Waals surface area contributed by atoms with Crippen molar-refractivity contribution in [3.8, 4) is 0 Å². The number of ether oxygens (including phenoxy) is 1. The molecule has 0 aliphatic carbocycles. The van der Waals surface area contributed by atoms with Crippen LogP contribution in [0.2, 0.25) is 0 Å². The Morgan fingerprint density at radius 2 is 1.73 bits per heavy atom. The van der Waals surface area contributed by atoms with Crippen LogP contribution in [-0.4, -0.2) is 42.7 Å². The number of rotatable bonds is 3. The fourth-order valence-corrected chi connectivity index (χ4v) is 1.58. The quantitative estimate of drug-likeness (QED) is 0.726. The minimum atomic E-state index is -2.44. The van der Waals surface area contributed by atoms with E-state index in [2.05, 4.69) is 0 Å². The Morgan fingerprint density at radius 1 is 1.20 bits per heavy atom. The third-order valence-corrected chi connectivity index (χ3v) is 2.53. The van der Waals surface area contributed by atoms with Crippen LogP contribution in [0.15, 0.2) is 0 Å². The van der Waals surface area contributed by atoms with E-state index in [0.29, 0.717) is 19.7 Å². The van der Waals surface area contributed by atoms with Gasteiger partial charge in [0, 0.05) is 32.5 Å². The van der Waals surface area contributed by atoms with Crippen LogP contribution in [0.4, 0.5) is 8.78 Å². The fraction of sp³-hybridized carbons (Fsp3) is 1.00. The highest BCUT2D eigenvalue weighted by atomic mass is 19.3. The summed E-state index contributed by atoms with van der Waals surface area (Å²) < 4.78 is 31.2. The van der Waals surface area contributed by atoms with Gasteiger partial charge in [0.15, 0.2) is 0 Å². The van der Waals surface area contributed by atoms with Gasteiger partial charge < -0.3 is 9.64 Å². The van der Waals surface area contributed by atoms with Crippen molar-refractivity contribution in [3.63, 3.8) is 0 Å². The normalized spacial score (nSPS) is 23.0. The number of hydrogen-bond donors (Lipinski definition) is 0. The van der Waals surface area contributed by atoms with Gasteiger partial charge in [-0.05, 0) is 20.8 Å². The largest absolute Gasteiger partial charge is 0.375 e. The number of nitrogens with zero attached hydrogens (tertiary/aromatic N) is 1. The molecule has 0 aromatic carbocycles. The molecule has 4 heteroatoms. The molecule has 0 bridgehead atoms. The second kappa shape index (κ2) is 4.74. The Hall–Kier alpha value is -0.220. The van der Waals surface area contributed by atoms with Crippen LogP contribution in [0.1, 0.15) is 33.6 Å². The maximum atomic E-state index is 12.8. The minimum Gasteiger partial charge on any atom is -0.375 e. The van der Waals surface area contributed by atoms with Gasteiger partial charge in [-0.3, -0.25) is 0 Å². The average Bonchev–Trinajstić information content (AvgIpc) is 2.06. The average molecular weight is 221 g/mol. The van der Waals surface area contributed by atoms with E-state index in [1.807, 2.05) is 25.7 Å². The Balaban J connectivity index is 2.14. The summed E-state index contributed by atoms with van der Waals surface area (Å²) in [5.74, 6) is -2.44. The molecule has 1 saturated heterocycles. The highest BCUT2D eigenvalue weighted by Crippen LogP contribution is 2.27. The first kappa shape index (κ1) is 12.8. The van der Waals surface area contributed by atoms with Crippen LogP contribution in [0.5, 0.6) is 0 Å². The lowest BCUT2D eigenvalue weighted by molar-refractivity contribution is -0.0665. The minimum absolute atomic E-state index is 0.0114. The molecule has 0 amide bonds. The SMILES string of the molecule is CC(C)(C)OCCN1CCC(F)(F)CC1. The van der Waals surface area contributed by atoms with Crippen molar-refractivity contribution in [2.45, 2.75) is 45.1 Å². The predicted octanol–water partition coefficient (Wildman–Crippen LogP) is 2.53.